The zero-order valence-corrected chi connectivity index (χ0v) is 18.2. The lowest BCUT2D eigenvalue weighted by Crippen LogP contribution is -2.37. The van der Waals surface area contributed by atoms with Crippen molar-refractivity contribution in [3.05, 3.63) is 87.8 Å². The SMILES string of the molecule is CCc1ccccc1NC(=O)CCn1nc(C(=O)N2c3ccccc3C[C@@H]2C)ccc1=O. The Morgan fingerprint density at radius 1 is 1.06 bits per heavy atom. The van der Waals surface area contributed by atoms with E-state index >= 15 is 0 Å². The van der Waals surface area contributed by atoms with E-state index in [1.54, 1.807) is 4.90 Å². The molecule has 32 heavy (non-hydrogen) atoms. The number of aromatic nitrogens is 2. The van der Waals surface area contributed by atoms with Gasteiger partial charge in [-0.2, -0.15) is 5.10 Å². The van der Waals surface area contributed by atoms with Gasteiger partial charge >= 0.3 is 0 Å². The zero-order chi connectivity index (χ0) is 22.7. The van der Waals surface area contributed by atoms with Gasteiger partial charge in [0.15, 0.2) is 0 Å². The van der Waals surface area contributed by atoms with Gasteiger partial charge in [0.25, 0.3) is 11.5 Å². The maximum atomic E-state index is 13.2. The van der Waals surface area contributed by atoms with Gasteiger partial charge in [0.05, 0.1) is 6.54 Å². The molecular formula is C25H26N4O3. The van der Waals surface area contributed by atoms with Crippen LogP contribution in [-0.4, -0.2) is 27.6 Å². The topological polar surface area (TPSA) is 84.3 Å². The van der Waals surface area contributed by atoms with Crippen molar-refractivity contribution in [1.82, 2.24) is 9.78 Å². The summed E-state index contributed by atoms with van der Waals surface area (Å²) in [7, 11) is 0. The highest BCUT2D eigenvalue weighted by Crippen LogP contribution is 2.32. The second-order valence-corrected chi connectivity index (χ2v) is 7.95. The summed E-state index contributed by atoms with van der Waals surface area (Å²) in [6, 6.07) is 18.2. The molecule has 1 aliphatic rings. The average Bonchev–Trinajstić information content (AvgIpc) is 3.14. The number of nitrogens with zero attached hydrogens (tertiary/aromatic N) is 3. The molecule has 2 aromatic carbocycles. The van der Waals surface area contributed by atoms with Crippen LogP contribution in [0.4, 0.5) is 11.4 Å². The fraction of sp³-hybridized carbons (Fsp3) is 0.280. The van der Waals surface area contributed by atoms with Gasteiger partial charge in [-0.25, -0.2) is 4.68 Å². The minimum Gasteiger partial charge on any atom is -0.326 e. The first-order chi connectivity index (χ1) is 15.5. The van der Waals surface area contributed by atoms with E-state index in [1.807, 2.05) is 62.4 Å². The third-order valence-corrected chi connectivity index (χ3v) is 5.73. The van der Waals surface area contributed by atoms with Crippen LogP contribution in [0.25, 0.3) is 0 Å². The van der Waals surface area contributed by atoms with Gasteiger partial charge in [0.2, 0.25) is 5.91 Å². The number of amides is 2. The number of carbonyl (C=O) groups excluding carboxylic acids is 2. The molecule has 1 atom stereocenters. The van der Waals surface area contributed by atoms with Gasteiger partial charge in [-0.15, -0.1) is 0 Å². The summed E-state index contributed by atoms with van der Waals surface area (Å²) in [6.45, 7) is 4.11. The molecule has 2 heterocycles. The van der Waals surface area contributed by atoms with Crippen molar-refractivity contribution in [2.24, 2.45) is 0 Å². The Hall–Kier alpha value is -3.74. The van der Waals surface area contributed by atoms with E-state index in [9.17, 15) is 14.4 Å². The van der Waals surface area contributed by atoms with Crippen LogP contribution in [0.1, 0.15) is 41.9 Å². The first-order valence-corrected chi connectivity index (χ1v) is 10.8. The molecule has 0 radical (unpaired) electrons. The minimum atomic E-state index is -0.349. The maximum absolute atomic E-state index is 13.2. The summed E-state index contributed by atoms with van der Waals surface area (Å²) in [5.41, 5.74) is 3.64. The molecule has 3 aromatic rings. The number of rotatable bonds is 6. The number of nitrogens with one attached hydrogen (secondary N) is 1. The van der Waals surface area contributed by atoms with E-state index in [-0.39, 0.29) is 42.1 Å². The number of fused-ring (bicyclic) bond motifs is 1. The van der Waals surface area contributed by atoms with E-state index in [0.717, 1.165) is 35.3 Å². The predicted molar refractivity (Wildman–Crippen MR) is 124 cm³/mol. The number of benzene rings is 2. The number of carbonyl (C=O) groups is 2. The van der Waals surface area contributed by atoms with Gasteiger partial charge < -0.3 is 10.2 Å². The van der Waals surface area contributed by atoms with Crippen molar-refractivity contribution in [2.75, 3.05) is 10.2 Å². The molecule has 0 spiro atoms. The molecule has 1 aliphatic heterocycles. The van der Waals surface area contributed by atoms with Crippen molar-refractivity contribution in [3.63, 3.8) is 0 Å². The monoisotopic (exact) mass is 430 g/mol. The third kappa shape index (κ3) is 4.32. The van der Waals surface area contributed by atoms with Crippen molar-refractivity contribution >= 4 is 23.2 Å². The quantitative estimate of drug-likeness (QED) is 0.649. The molecule has 164 valence electrons. The fourth-order valence-corrected chi connectivity index (χ4v) is 4.09. The lowest BCUT2D eigenvalue weighted by atomic mass is 10.1. The molecule has 4 rings (SSSR count). The predicted octanol–water partition coefficient (Wildman–Crippen LogP) is 3.43. The van der Waals surface area contributed by atoms with E-state index in [0.29, 0.717) is 0 Å². The van der Waals surface area contributed by atoms with Crippen LogP contribution in [0.5, 0.6) is 0 Å². The largest absolute Gasteiger partial charge is 0.326 e. The smallest absolute Gasteiger partial charge is 0.278 e. The molecule has 0 fully saturated rings. The van der Waals surface area contributed by atoms with Crippen LogP contribution in [0.15, 0.2) is 65.5 Å². The van der Waals surface area contributed by atoms with Crippen molar-refractivity contribution in [3.8, 4) is 0 Å². The summed E-state index contributed by atoms with van der Waals surface area (Å²) in [4.78, 5) is 39.7. The minimum absolute atomic E-state index is 0.00601. The van der Waals surface area contributed by atoms with E-state index < -0.39 is 0 Å². The Morgan fingerprint density at radius 2 is 1.81 bits per heavy atom. The number of para-hydroxylation sites is 2. The second kappa shape index (κ2) is 9.18. The number of aryl methyl sites for hydroxylation is 2. The fourth-order valence-electron chi connectivity index (χ4n) is 4.09. The molecule has 0 saturated heterocycles. The highest BCUT2D eigenvalue weighted by Gasteiger charge is 2.32. The number of hydrogen-bond acceptors (Lipinski definition) is 4. The van der Waals surface area contributed by atoms with E-state index in [4.69, 9.17) is 0 Å². The highest BCUT2D eigenvalue weighted by molar-refractivity contribution is 6.06. The summed E-state index contributed by atoms with van der Waals surface area (Å²) in [6.07, 6.45) is 1.66. The summed E-state index contributed by atoms with van der Waals surface area (Å²) in [5, 5.41) is 7.16. The lowest BCUT2D eigenvalue weighted by Gasteiger charge is -2.22. The average molecular weight is 431 g/mol. The zero-order valence-electron chi connectivity index (χ0n) is 18.2. The van der Waals surface area contributed by atoms with Crippen LogP contribution >= 0.6 is 0 Å². The van der Waals surface area contributed by atoms with Crippen LogP contribution < -0.4 is 15.8 Å². The van der Waals surface area contributed by atoms with E-state index in [1.165, 1.54) is 16.8 Å². The molecular weight excluding hydrogens is 404 g/mol. The molecule has 0 aliphatic carbocycles. The normalized spacial score (nSPS) is 14.8. The number of hydrogen-bond donors (Lipinski definition) is 1. The van der Waals surface area contributed by atoms with Crippen LogP contribution in [-0.2, 0) is 24.2 Å². The standard InChI is InChI=1S/C25H26N4O3/c1-3-18-8-4-6-10-20(18)26-23(30)14-15-28-24(31)13-12-21(27-28)25(32)29-17(2)16-19-9-5-7-11-22(19)29/h4-13,17H,3,14-16H2,1-2H3,(H,26,30)/t17-/m0/s1. The molecule has 0 bridgehead atoms. The van der Waals surface area contributed by atoms with Crippen molar-refractivity contribution < 1.29 is 9.59 Å². The molecule has 0 unspecified atom stereocenters. The first kappa shape index (κ1) is 21.5. The number of anilines is 2. The third-order valence-electron chi connectivity index (χ3n) is 5.73. The van der Waals surface area contributed by atoms with Crippen LogP contribution in [0, 0.1) is 0 Å². The summed E-state index contributed by atoms with van der Waals surface area (Å²) < 4.78 is 1.19. The van der Waals surface area contributed by atoms with Gasteiger partial charge in [-0.3, -0.25) is 14.4 Å². The van der Waals surface area contributed by atoms with E-state index in [2.05, 4.69) is 10.4 Å². The summed E-state index contributed by atoms with van der Waals surface area (Å²) in [5.74, 6) is -0.462. The molecule has 0 saturated carbocycles. The molecule has 2 amide bonds. The highest BCUT2D eigenvalue weighted by atomic mass is 16.2. The van der Waals surface area contributed by atoms with Crippen molar-refractivity contribution in [2.45, 2.75) is 45.7 Å². The molecule has 1 N–H and O–H groups in total. The van der Waals surface area contributed by atoms with Gasteiger partial charge in [-0.1, -0.05) is 43.3 Å². The molecule has 7 nitrogen and oxygen atoms in total. The Bertz CT molecular complexity index is 1220. The maximum Gasteiger partial charge on any atom is 0.278 e. The second-order valence-electron chi connectivity index (χ2n) is 7.95. The van der Waals surface area contributed by atoms with Crippen molar-refractivity contribution in [1.29, 1.82) is 0 Å². The molecule has 7 heteroatoms. The first-order valence-electron chi connectivity index (χ1n) is 10.8. The summed E-state index contributed by atoms with van der Waals surface area (Å²) >= 11 is 0. The van der Waals surface area contributed by atoms with Crippen LogP contribution in [0.3, 0.4) is 0 Å². The van der Waals surface area contributed by atoms with Crippen LogP contribution in [0.2, 0.25) is 0 Å². The Labute approximate surface area is 186 Å². The van der Waals surface area contributed by atoms with Gasteiger partial charge in [0, 0.05) is 29.9 Å². The Morgan fingerprint density at radius 3 is 2.62 bits per heavy atom. The van der Waals surface area contributed by atoms with Gasteiger partial charge in [0.1, 0.15) is 5.69 Å². The lowest BCUT2D eigenvalue weighted by molar-refractivity contribution is -0.116. The molecule has 1 aromatic heterocycles. The Balaban J connectivity index is 1.48. The van der Waals surface area contributed by atoms with Gasteiger partial charge in [-0.05, 0) is 49.1 Å². The Kier molecular flexibility index (Phi) is 6.16.